The zero-order valence-electron chi connectivity index (χ0n) is 18.7. The molecule has 1 unspecified atom stereocenters. The summed E-state index contributed by atoms with van der Waals surface area (Å²) in [6.45, 7) is 17.3. The van der Waals surface area contributed by atoms with Crippen molar-refractivity contribution in [1.82, 2.24) is 14.7 Å². The minimum Gasteiger partial charge on any atom is -0.412 e. The first-order chi connectivity index (χ1) is 12.4. The molecular formula is C21H44IN3O3. The summed E-state index contributed by atoms with van der Waals surface area (Å²) in [6.07, 6.45) is 5.91. The van der Waals surface area contributed by atoms with Crippen LogP contribution in [0.5, 0.6) is 0 Å². The zero-order chi connectivity index (χ0) is 18.7. The van der Waals surface area contributed by atoms with Crippen LogP contribution in [-0.4, -0.2) is 103 Å². The van der Waals surface area contributed by atoms with Gasteiger partial charge in [0.2, 0.25) is 0 Å². The standard InChI is InChI=1S/C21H41N3O2.HI.H2O/c1-6-25-19-15-20(16-19)26-18-7-9-23(10-8-18)17(2)21(3,4)24-13-11-22(5)12-14-24;;/h17-20H,6-16H2,1-5H3;1H;1H2. The molecule has 28 heavy (non-hydrogen) atoms. The topological polar surface area (TPSA) is 59.7 Å². The number of likely N-dealkylation sites (N-methyl/N-ethyl adjacent to an activating group) is 1. The minimum absolute atomic E-state index is 0. The highest BCUT2D eigenvalue weighted by atomic mass is 127. The van der Waals surface area contributed by atoms with Crippen LogP contribution >= 0.6 is 24.0 Å². The number of ether oxygens (including phenoxy) is 2. The third-order valence-electron chi connectivity index (χ3n) is 7.20. The van der Waals surface area contributed by atoms with Gasteiger partial charge in [-0.25, -0.2) is 0 Å². The van der Waals surface area contributed by atoms with Crippen molar-refractivity contribution in [2.24, 2.45) is 0 Å². The molecule has 1 atom stereocenters. The van der Waals surface area contributed by atoms with Crippen LogP contribution in [-0.2, 0) is 9.47 Å². The van der Waals surface area contributed by atoms with Gasteiger partial charge in [-0.15, -0.1) is 24.0 Å². The molecule has 1 aliphatic carbocycles. The maximum absolute atomic E-state index is 6.32. The van der Waals surface area contributed by atoms with Crippen LogP contribution in [0, 0.1) is 0 Å². The molecule has 7 heteroatoms. The second kappa shape index (κ2) is 11.8. The zero-order valence-corrected chi connectivity index (χ0v) is 21.0. The van der Waals surface area contributed by atoms with Gasteiger partial charge >= 0.3 is 0 Å². The summed E-state index contributed by atoms with van der Waals surface area (Å²) in [7, 11) is 2.23. The van der Waals surface area contributed by atoms with E-state index in [-0.39, 0.29) is 35.0 Å². The quantitative estimate of drug-likeness (QED) is 0.489. The number of piperidine rings is 1. The summed E-state index contributed by atoms with van der Waals surface area (Å²) < 4.78 is 12.0. The maximum atomic E-state index is 6.32. The molecule has 2 saturated heterocycles. The predicted octanol–water partition coefficient (Wildman–Crippen LogP) is 2.24. The molecule has 0 amide bonds. The van der Waals surface area contributed by atoms with E-state index in [9.17, 15) is 0 Å². The summed E-state index contributed by atoms with van der Waals surface area (Å²) in [6, 6.07) is 0.581. The van der Waals surface area contributed by atoms with Crippen molar-refractivity contribution >= 4 is 24.0 Å². The molecule has 0 aromatic carbocycles. The monoisotopic (exact) mass is 513 g/mol. The highest BCUT2D eigenvalue weighted by molar-refractivity contribution is 14.0. The van der Waals surface area contributed by atoms with Crippen molar-refractivity contribution < 1.29 is 14.9 Å². The number of hydrogen-bond donors (Lipinski definition) is 0. The lowest BCUT2D eigenvalue weighted by Gasteiger charge is -2.51. The highest BCUT2D eigenvalue weighted by Crippen LogP contribution is 2.31. The van der Waals surface area contributed by atoms with E-state index < -0.39 is 0 Å². The van der Waals surface area contributed by atoms with Gasteiger partial charge in [-0.3, -0.25) is 9.80 Å². The van der Waals surface area contributed by atoms with Gasteiger partial charge in [-0.2, -0.15) is 0 Å². The molecule has 3 aliphatic rings. The van der Waals surface area contributed by atoms with Crippen LogP contribution in [0.25, 0.3) is 0 Å². The third-order valence-corrected chi connectivity index (χ3v) is 7.20. The van der Waals surface area contributed by atoms with Crippen molar-refractivity contribution in [1.29, 1.82) is 0 Å². The Morgan fingerprint density at radius 1 is 0.929 bits per heavy atom. The van der Waals surface area contributed by atoms with Gasteiger partial charge in [0, 0.05) is 57.5 Å². The number of hydrogen-bond acceptors (Lipinski definition) is 5. The van der Waals surface area contributed by atoms with Crippen molar-refractivity contribution in [3.05, 3.63) is 0 Å². The fourth-order valence-electron chi connectivity index (χ4n) is 4.77. The average Bonchev–Trinajstić information content (AvgIpc) is 2.60. The average molecular weight is 514 g/mol. The summed E-state index contributed by atoms with van der Waals surface area (Å²) >= 11 is 0. The van der Waals surface area contributed by atoms with E-state index in [1.807, 2.05) is 0 Å². The van der Waals surface area contributed by atoms with Gasteiger partial charge in [-0.1, -0.05) is 0 Å². The van der Waals surface area contributed by atoms with Crippen LogP contribution in [0.4, 0.5) is 0 Å². The first-order valence-electron chi connectivity index (χ1n) is 10.8. The van der Waals surface area contributed by atoms with E-state index in [0.29, 0.717) is 24.4 Å². The van der Waals surface area contributed by atoms with Gasteiger partial charge in [0.05, 0.1) is 18.3 Å². The molecule has 2 heterocycles. The lowest BCUT2D eigenvalue weighted by atomic mass is 9.89. The highest BCUT2D eigenvalue weighted by Gasteiger charge is 2.39. The van der Waals surface area contributed by atoms with Gasteiger partial charge in [0.15, 0.2) is 0 Å². The predicted molar refractivity (Wildman–Crippen MR) is 126 cm³/mol. The second-order valence-electron chi connectivity index (χ2n) is 9.16. The molecule has 2 N–H and O–H groups in total. The summed E-state index contributed by atoms with van der Waals surface area (Å²) in [5.74, 6) is 0. The molecule has 0 bridgehead atoms. The van der Waals surface area contributed by atoms with Crippen LogP contribution in [0.2, 0.25) is 0 Å². The van der Waals surface area contributed by atoms with E-state index in [2.05, 4.69) is 49.4 Å². The Labute approximate surface area is 189 Å². The maximum Gasteiger partial charge on any atom is 0.0628 e. The van der Waals surface area contributed by atoms with Gasteiger partial charge in [0.25, 0.3) is 0 Å². The fraction of sp³-hybridized carbons (Fsp3) is 1.00. The van der Waals surface area contributed by atoms with Gasteiger partial charge in [-0.05, 0) is 60.4 Å². The van der Waals surface area contributed by atoms with E-state index in [4.69, 9.17) is 9.47 Å². The van der Waals surface area contributed by atoms with Gasteiger partial charge < -0.3 is 19.8 Å². The third kappa shape index (κ3) is 6.49. The van der Waals surface area contributed by atoms with E-state index in [1.54, 1.807) is 0 Å². The molecule has 0 aromatic rings. The van der Waals surface area contributed by atoms with E-state index in [0.717, 1.165) is 19.4 Å². The molecule has 3 fully saturated rings. The number of likely N-dealkylation sites (tertiary alicyclic amines) is 1. The summed E-state index contributed by atoms with van der Waals surface area (Å²) in [5, 5.41) is 0. The Morgan fingerprint density at radius 3 is 2.04 bits per heavy atom. The number of piperazine rings is 1. The van der Waals surface area contributed by atoms with Crippen LogP contribution in [0.1, 0.15) is 53.4 Å². The SMILES string of the molecule is CCOC1CC(OC2CCN(C(C)C(C)(C)N3CCN(C)CC3)CC2)C1.I.O. The number of rotatable bonds is 7. The lowest BCUT2D eigenvalue weighted by Crippen LogP contribution is -2.62. The van der Waals surface area contributed by atoms with Crippen molar-refractivity contribution in [2.45, 2.75) is 83.3 Å². The Balaban J connectivity index is 0.00000196. The van der Waals surface area contributed by atoms with Crippen molar-refractivity contribution in [2.75, 3.05) is 52.9 Å². The fourth-order valence-corrected chi connectivity index (χ4v) is 4.77. The Bertz CT molecular complexity index is 433. The Morgan fingerprint density at radius 2 is 1.50 bits per heavy atom. The Hall–Kier alpha value is 0.490. The molecule has 6 nitrogen and oxygen atoms in total. The van der Waals surface area contributed by atoms with E-state index in [1.165, 1.54) is 52.1 Å². The Kier molecular flexibility index (Phi) is 11.1. The van der Waals surface area contributed by atoms with Crippen molar-refractivity contribution in [3.8, 4) is 0 Å². The first-order valence-corrected chi connectivity index (χ1v) is 10.8. The van der Waals surface area contributed by atoms with Crippen LogP contribution in [0.15, 0.2) is 0 Å². The molecule has 168 valence electrons. The molecule has 0 spiro atoms. The summed E-state index contributed by atoms with van der Waals surface area (Å²) in [4.78, 5) is 7.83. The molecule has 1 saturated carbocycles. The number of halogens is 1. The largest absolute Gasteiger partial charge is 0.412 e. The first kappa shape index (κ1) is 26.5. The minimum atomic E-state index is 0. The molecular weight excluding hydrogens is 469 g/mol. The lowest BCUT2D eigenvalue weighted by molar-refractivity contribution is -0.136. The molecule has 0 radical (unpaired) electrons. The summed E-state index contributed by atoms with van der Waals surface area (Å²) in [5.41, 5.74) is 0.230. The molecule has 0 aromatic heterocycles. The number of nitrogens with zero attached hydrogens (tertiary/aromatic N) is 3. The van der Waals surface area contributed by atoms with Crippen LogP contribution in [0.3, 0.4) is 0 Å². The molecule has 2 aliphatic heterocycles. The smallest absolute Gasteiger partial charge is 0.0628 e. The van der Waals surface area contributed by atoms with Gasteiger partial charge in [0.1, 0.15) is 0 Å². The normalized spacial score (nSPS) is 29.5. The van der Waals surface area contributed by atoms with Crippen molar-refractivity contribution in [3.63, 3.8) is 0 Å². The molecule has 3 rings (SSSR count). The van der Waals surface area contributed by atoms with E-state index >= 15 is 0 Å². The second-order valence-corrected chi connectivity index (χ2v) is 9.16. The van der Waals surface area contributed by atoms with Crippen LogP contribution < -0.4 is 0 Å².